The quantitative estimate of drug-likeness (QED) is 0.598. The van der Waals surface area contributed by atoms with E-state index in [1.54, 1.807) is 18.2 Å². The first kappa shape index (κ1) is 20.6. The van der Waals surface area contributed by atoms with Gasteiger partial charge in [0, 0.05) is 11.1 Å². The van der Waals surface area contributed by atoms with Crippen molar-refractivity contribution in [3.8, 4) is 0 Å². The molecule has 0 amide bonds. The third-order valence-corrected chi connectivity index (χ3v) is 6.39. The van der Waals surface area contributed by atoms with Gasteiger partial charge in [-0.3, -0.25) is 4.99 Å². The lowest BCUT2D eigenvalue weighted by Crippen LogP contribution is -2.45. The first-order valence-corrected chi connectivity index (χ1v) is 10.7. The molecule has 1 heterocycles. The lowest BCUT2D eigenvalue weighted by Gasteiger charge is -2.33. The second-order valence-corrected chi connectivity index (χ2v) is 9.75. The monoisotopic (exact) mass is 404 g/mol. The van der Waals surface area contributed by atoms with Gasteiger partial charge in [-0.05, 0) is 55.3 Å². The van der Waals surface area contributed by atoms with E-state index < -0.39 is 15.7 Å². The van der Waals surface area contributed by atoms with Crippen LogP contribution in [0.3, 0.4) is 0 Å². The molecule has 1 aliphatic rings. The van der Waals surface area contributed by atoms with Crippen LogP contribution in [0.15, 0.2) is 57.2 Å². The average molecular weight is 405 g/mol. The summed E-state index contributed by atoms with van der Waals surface area (Å²) in [5, 5.41) is 0. The van der Waals surface area contributed by atoms with E-state index in [1.807, 2.05) is 6.92 Å². The number of fused-ring (bicyclic) bond motifs is 1. The van der Waals surface area contributed by atoms with Crippen LogP contribution in [-0.2, 0) is 21.1 Å². The zero-order valence-electron chi connectivity index (χ0n) is 16.5. The highest BCUT2D eigenvalue weighted by atomic mass is 32.2. The molecule has 1 atom stereocenters. The Bertz CT molecular complexity index is 993. The van der Waals surface area contributed by atoms with Crippen LogP contribution < -0.4 is 5.48 Å². The maximum atomic E-state index is 13.2. The first-order chi connectivity index (χ1) is 13.1. The largest absolute Gasteiger partial charge is 0.301 e. The van der Waals surface area contributed by atoms with Crippen molar-refractivity contribution >= 4 is 21.2 Å². The summed E-state index contributed by atoms with van der Waals surface area (Å²) in [7, 11) is -3.75. The zero-order chi connectivity index (χ0) is 20.5. The molecule has 0 bridgehead atoms. The first-order valence-electron chi connectivity index (χ1n) is 9.23. The highest BCUT2D eigenvalue weighted by Crippen LogP contribution is 2.35. The predicted molar refractivity (Wildman–Crippen MR) is 107 cm³/mol. The number of rotatable bonds is 5. The molecule has 2 aromatic rings. The Morgan fingerprint density at radius 3 is 2.39 bits per heavy atom. The van der Waals surface area contributed by atoms with Crippen LogP contribution in [0.25, 0.3) is 0 Å². The van der Waals surface area contributed by atoms with Crippen molar-refractivity contribution in [3.05, 3.63) is 53.8 Å². The van der Waals surface area contributed by atoms with Crippen LogP contribution >= 0.6 is 0 Å². The zero-order valence-corrected chi connectivity index (χ0v) is 17.3. The van der Waals surface area contributed by atoms with E-state index in [-0.39, 0.29) is 21.2 Å². The number of hydroxylamine groups is 1. The maximum Gasteiger partial charge on any atom is 0.206 e. The van der Waals surface area contributed by atoms with E-state index in [0.717, 1.165) is 23.4 Å². The second-order valence-electron chi connectivity index (χ2n) is 7.80. The van der Waals surface area contributed by atoms with Gasteiger partial charge in [-0.25, -0.2) is 12.8 Å². The van der Waals surface area contributed by atoms with Crippen molar-refractivity contribution in [2.24, 2.45) is 10.4 Å². The SMILES string of the molecule is CCONC1Cc2ccc(S(=O)(=O)c3ccc(F)cc3)cc2N=C1C(C)(C)C. The molecule has 0 saturated carbocycles. The van der Waals surface area contributed by atoms with Crippen LogP contribution in [-0.4, -0.2) is 26.8 Å². The van der Waals surface area contributed by atoms with Gasteiger partial charge < -0.3 is 4.84 Å². The lowest BCUT2D eigenvalue weighted by atomic mass is 9.81. The number of nitrogens with zero attached hydrogens (tertiary/aromatic N) is 1. The van der Waals surface area contributed by atoms with Crippen LogP contribution in [0.5, 0.6) is 0 Å². The third kappa shape index (κ3) is 4.16. The van der Waals surface area contributed by atoms with E-state index >= 15 is 0 Å². The topological polar surface area (TPSA) is 67.8 Å². The van der Waals surface area contributed by atoms with E-state index in [9.17, 15) is 12.8 Å². The Labute approximate surface area is 165 Å². The molecular weight excluding hydrogens is 379 g/mol. The van der Waals surface area contributed by atoms with Crippen LogP contribution in [0.2, 0.25) is 0 Å². The molecule has 0 fully saturated rings. The average Bonchev–Trinajstić information content (AvgIpc) is 2.64. The maximum absolute atomic E-state index is 13.2. The summed E-state index contributed by atoms with van der Waals surface area (Å²) in [6.07, 6.45) is 0.655. The molecule has 2 aromatic carbocycles. The Morgan fingerprint density at radius 1 is 1.14 bits per heavy atom. The minimum absolute atomic E-state index is 0.0561. The molecule has 0 radical (unpaired) electrons. The van der Waals surface area contributed by atoms with Crippen molar-refractivity contribution in [2.45, 2.75) is 49.9 Å². The van der Waals surface area contributed by atoms with E-state index in [4.69, 9.17) is 9.83 Å². The molecule has 1 N–H and O–H groups in total. The number of hydrogen-bond donors (Lipinski definition) is 1. The molecule has 0 saturated heterocycles. The van der Waals surface area contributed by atoms with Crippen molar-refractivity contribution in [1.82, 2.24) is 5.48 Å². The number of halogens is 1. The van der Waals surface area contributed by atoms with Gasteiger partial charge in [-0.1, -0.05) is 26.8 Å². The van der Waals surface area contributed by atoms with Crippen molar-refractivity contribution in [1.29, 1.82) is 0 Å². The smallest absolute Gasteiger partial charge is 0.206 e. The molecule has 28 heavy (non-hydrogen) atoms. The lowest BCUT2D eigenvalue weighted by molar-refractivity contribution is 0.0377. The van der Waals surface area contributed by atoms with Crippen LogP contribution in [0.4, 0.5) is 10.1 Å². The van der Waals surface area contributed by atoms with E-state index in [2.05, 4.69) is 26.3 Å². The van der Waals surface area contributed by atoms with E-state index in [0.29, 0.717) is 18.7 Å². The summed E-state index contributed by atoms with van der Waals surface area (Å²) in [5.74, 6) is -0.475. The highest BCUT2D eigenvalue weighted by molar-refractivity contribution is 7.91. The summed E-state index contributed by atoms with van der Waals surface area (Å²) in [5.41, 5.74) is 5.35. The molecule has 3 rings (SSSR count). The normalized spacial score (nSPS) is 17.2. The third-order valence-electron chi connectivity index (χ3n) is 4.62. The summed E-state index contributed by atoms with van der Waals surface area (Å²) in [4.78, 5) is 10.4. The Balaban J connectivity index is 2.03. The fourth-order valence-electron chi connectivity index (χ4n) is 3.23. The summed E-state index contributed by atoms with van der Waals surface area (Å²) in [6, 6.07) is 9.72. The van der Waals surface area contributed by atoms with Crippen molar-refractivity contribution in [3.63, 3.8) is 0 Å². The minimum Gasteiger partial charge on any atom is -0.301 e. The van der Waals surface area contributed by atoms with Gasteiger partial charge in [0.05, 0.1) is 28.1 Å². The van der Waals surface area contributed by atoms with Gasteiger partial charge in [0.25, 0.3) is 0 Å². The standard InChI is InChI=1S/C21H25FN2O3S/c1-5-27-24-19-12-14-6-9-17(13-18(14)23-20(19)21(2,3)4)28(25,26)16-10-7-15(22)8-11-16/h6-11,13,19,24H,5,12H2,1-4H3. The van der Waals surface area contributed by atoms with Gasteiger partial charge >= 0.3 is 0 Å². The molecule has 0 aliphatic carbocycles. The fourth-order valence-corrected chi connectivity index (χ4v) is 4.51. The number of benzene rings is 2. The van der Waals surface area contributed by atoms with E-state index in [1.165, 1.54) is 12.1 Å². The predicted octanol–water partition coefficient (Wildman–Crippen LogP) is 4.24. The molecule has 0 aromatic heterocycles. The molecule has 0 spiro atoms. The van der Waals surface area contributed by atoms with Crippen molar-refractivity contribution in [2.75, 3.05) is 6.61 Å². The Morgan fingerprint density at radius 2 is 1.79 bits per heavy atom. The number of sulfone groups is 1. The summed E-state index contributed by atoms with van der Waals surface area (Å²) >= 11 is 0. The van der Waals surface area contributed by atoms with Gasteiger partial charge in [-0.15, -0.1) is 0 Å². The fraction of sp³-hybridized carbons (Fsp3) is 0.381. The molecular formula is C21H25FN2O3S. The number of nitrogens with one attached hydrogen (secondary N) is 1. The number of hydrogen-bond acceptors (Lipinski definition) is 5. The van der Waals surface area contributed by atoms with Crippen LogP contribution in [0.1, 0.15) is 33.3 Å². The molecule has 7 heteroatoms. The Kier molecular flexibility index (Phi) is 5.70. The van der Waals surface area contributed by atoms with Gasteiger partial charge in [-0.2, -0.15) is 5.48 Å². The number of aliphatic imine (C=N–C) groups is 1. The van der Waals surface area contributed by atoms with Gasteiger partial charge in [0.1, 0.15) is 5.82 Å². The second kappa shape index (κ2) is 7.73. The van der Waals surface area contributed by atoms with Crippen LogP contribution in [0, 0.1) is 11.2 Å². The van der Waals surface area contributed by atoms with Gasteiger partial charge in [0.2, 0.25) is 9.84 Å². The molecule has 150 valence electrons. The highest BCUT2D eigenvalue weighted by Gasteiger charge is 2.32. The summed E-state index contributed by atoms with van der Waals surface area (Å²) in [6.45, 7) is 8.64. The molecule has 1 unspecified atom stereocenters. The molecule has 1 aliphatic heterocycles. The summed E-state index contributed by atoms with van der Waals surface area (Å²) < 4.78 is 39.0. The Hall–Kier alpha value is -2.09. The van der Waals surface area contributed by atoms with Crippen molar-refractivity contribution < 1.29 is 17.6 Å². The van der Waals surface area contributed by atoms with Gasteiger partial charge in [0.15, 0.2) is 0 Å². The molecule has 5 nitrogen and oxygen atoms in total. The minimum atomic E-state index is -3.75.